The van der Waals surface area contributed by atoms with Crippen molar-refractivity contribution in [3.63, 3.8) is 0 Å². The Morgan fingerprint density at radius 3 is 2.00 bits per heavy atom. The van der Waals surface area contributed by atoms with Gasteiger partial charge in [0.2, 0.25) is 0 Å². The maximum Gasteiger partial charge on any atom is 0.158 e. The molecule has 2 N–H and O–H groups in total. The fourth-order valence-corrected chi connectivity index (χ4v) is 0.320. The maximum atomic E-state index is 9.77. The highest BCUT2D eigenvalue weighted by atomic mass is 16.6. The number of rotatable bonds is 1. The van der Waals surface area contributed by atoms with Gasteiger partial charge in [-0.25, -0.2) is 0 Å². The van der Waals surface area contributed by atoms with Crippen molar-refractivity contribution in [3.8, 4) is 0 Å². The smallest absolute Gasteiger partial charge is 0.158 e. The summed E-state index contributed by atoms with van der Waals surface area (Å²) in [5.41, 5.74) is 0. The highest BCUT2D eigenvalue weighted by Gasteiger charge is 1.88. The van der Waals surface area contributed by atoms with Crippen LogP contribution in [-0.2, 0) is 0 Å². The van der Waals surface area contributed by atoms with Gasteiger partial charge in [-0.05, 0) is 6.20 Å². The molecule has 0 saturated heterocycles. The number of nitrogens with zero attached hydrogens (tertiary/aromatic N) is 4. The van der Waals surface area contributed by atoms with Crippen LogP contribution in [-0.4, -0.2) is 48.1 Å². The van der Waals surface area contributed by atoms with E-state index in [4.69, 9.17) is 0 Å². The summed E-state index contributed by atoms with van der Waals surface area (Å²) < 4.78 is 1.00. The van der Waals surface area contributed by atoms with E-state index < -0.39 is 4.92 Å². The Bertz CT molecular complexity index is 246. The van der Waals surface area contributed by atoms with Gasteiger partial charge in [-0.3, -0.25) is 0 Å². The van der Waals surface area contributed by atoms with E-state index in [1.807, 2.05) is 0 Å². The molecule has 0 saturated carbocycles. The largest absolute Gasteiger partial charge is 0.446 e. The maximum absolute atomic E-state index is 9.77. The second-order valence-corrected chi connectivity index (χ2v) is 3.82. The fourth-order valence-electron chi connectivity index (χ4n) is 0.320. The van der Waals surface area contributed by atoms with Crippen molar-refractivity contribution >= 4 is 5.82 Å². The molecule has 0 spiro atoms. The van der Waals surface area contributed by atoms with E-state index in [0.29, 0.717) is 0 Å². The number of quaternary nitrogens is 1. The predicted molar refractivity (Wildman–Crippen MR) is 51.8 cm³/mol. The average molecular weight is 204 g/mol. The van der Waals surface area contributed by atoms with Crippen LogP contribution < -0.4 is 4.98 Å². The van der Waals surface area contributed by atoms with Gasteiger partial charge in [0.25, 0.3) is 0 Å². The van der Waals surface area contributed by atoms with Crippen LogP contribution in [0.2, 0.25) is 0 Å². The second kappa shape index (κ2) is 6.06. The molecule has 1 rings (SSSR count). The van der Waals surface area contributed by atoms with Crippen molar-refractivity contribution in [1.29, 1.82) is 0 Å². The number of aromatic nitrogens is 2. The van der Waals surface area contributed by atoms with Crippen LogP contribution in [0.3, 0.4) is 0 Å². The Morgan fingerprint density at radius 2 is 1.86 bits per heavy atom. The lowest BCUT2D eigenvalue weighted by Gasteiger charge is -2.14. The van der Waals surface area contributed by atoms with Gasteiger partial charge in [-0.15, -0.1) is 0 Å². The van der Waals surface area contributed by atoms with Crippen molar-refractivity contribution < 1.29 is 14.9 Å². The molecule has 0 radical (unpaired) electrons. The Balaban J connectivity index is 0. The molecule has 1 aromatic heterocycles. The van der Waals surface area contributed by atoms with Crippen LogP contribution in [0.25, 0.3) is 0 Å². The molecular weight excluding hydrogens is 188 g/mol. The van der Waals surface area contributed by atoms with E-state index in [1.165, 1.54) is 0 Å². The normalized spacial score (nSPS) is 9.43. The first-order valence-corrected chi connectivity index (χ1v) is 3.66. The SMILES string of the molecule is C[N+](C)(C)C.O.O=[N+]([O-])c1c[n-]cn1. The topological polar surface area (TPSA) is 102 Å². The van der Waals surface area contributed by atoms with E-state index in [1.54, 1.807) is 0 Å². The van der Waals surface area contributed by atoms with E-state index in [0.717, 1.165) is 17.0 Å². The van der Waals surface area contributed by atoms with Crippen LogP contribution in [0, 0.1) is 10.1 Å². The number of hydrogen-bond acceptors (Lipinski definition) is 3. The Morgan fingerprint density at radius 1 is 1.43 bits per heavy atom. The summed E-state index contributed by atoms with van der Waals surface area (Å²) in [6.07, 6.45) is 2.23. The Hall–Kier alpha value is -1.47. The zero-order chi connectivity index (χ0) is 10.5. The third-order valence-electron chi connectivity index (χ3n) is 0.634. The third-order valence-corrected chi connectivity index (χ3v) is 0.634. The summed E-state index contributed by atoms with van der Waals surface area (Å²) in [5.74, 6) is -0.204. The molecule has 82 valence electrons. The first-order valence-electron chi connectivity index (χ1n) is 3.66. The minimum atomic E-state index is -0.590. The summed E-state index contributed by atoms with van der Waals surface area (Å²) in [4.78, 5) is 15.9. The molecule has 0 aliphatic heterocycles. The number of nitro groups is 1. The molecule has 0 bridgehead atoms. The number of imidazole rings is 1. The van der Waals surface area contributed by atoms with Gasteiger partial charge in [0.05, 0.1) is 28.2 Å². The van der Waals surface area contributed by atoms with Crippen molar-refractivity contribution in [2.75, 3.05) is 28.2 Å². The van der Waals surface area contributed by atoms with Crippen LogP contribution in [0.15, 0.2) is 12.5 Å². The third kappa shape index (κ3) is 10.5. The van der Waals surface area contributed by atoms with Gasteiger partial charge in [0, 0.05) is 0 Å². The lowest BCUT2D eigenvalue weighted by atomic mass is 10.8. The van der Waals surface area contributed by atoms with E-state index in [-0.39, 0.29) is 11.3 Å². The highest BCUT2D eigenvalue weighted by Crippen LogP contribution is 1.98. The molecule has 0 unspecified atom stereocenters. The van der Waals surface area contributed by atoms with Crippen molar-refractivity contribution in [2.45, 2.75) is 0 Å². The lowest BCUT2D eigenvalue weighted by Crippen LogP contribution is -2.27. The molecule has 0 fully saturated rings. The number of hydrogen-bond donors (Lipinski definition) is 0. The lowest BCUT2D eigenvalue weighted by molar-refractivity contribution is -0.849. The van der Waals surface area contributed by atoms with Crippen molar-refractivity contribution in [1.82, 2.24) is 9.97 Å². The summed E-state index contributed by atoms with van der Waals surface area (Å²) in [6.45, 7) is 0. The van der Waals surface area contributed by atoms with Crippen LogP contribution >= 0.6 is 0 Å². The quantitative estimate of drug-likeness (QED) is 0.347. The second-order valence-electron chi connectivity index (χ2n) is 3.82. The predicted octanol–water partition coefficient (Wildman–Crippen LogP) is -0.555. The van der Waals surface area contributed by atoms with Gasteiger partial charge >= 0.3 is 0 Å². The monoisotopic (exact) mass is 204 g/mol. The molecule has 0 atom stereocenters. The standard InChI is InChI=1S/C4H12N.C3H2N3O2.H2O/c1-5(2,3)4;7-6(8)3-1-4-2-5-3;/h1-4H3;1-2H;1H2/q+1;-1;. The van der Waals surface area contributed by atoms with Crippen LogP contribution in [0.1, 0.15) is 0 Å². The average Bonchev–Trinajstić information content (AvgIpc) is 2.31. The molecule has 1 heterocycles. The van der Waals surface area contributed by atoms with Gasteiger partial charge in [-0.1, -0.05) is 11.3 Å². The summed E-state index contributed by atoms with van der Waals surface area (Å²) in [5, 5.41) is 9.77. The van der Waals surface area contributed by atoms with Gasteiger partial charge in [-0.2, -0.15) is 0 Å². The Kier molecular flexibility index (Phi) is 6.50. The summed E-state index contributed by atoms with van der Waals surface area (Å²) in [7, 11) is 8.50. The summed E-state index contributed by atoms with van der Waals surface area (Å²) in [6, 6.07) is 0. The zero-order valence-electron chi connectivity index (χ0n) is 8.76. The minimum Gasteiger partial charge on any atom is -0.446 e. The van der Waals surface area contributed by atoms with Crippen LogP contribution in [0.5, 0.6) is 0 Å². The van der Waals surface area contributed by atoms with Crippen molar-refractivity contribution in [3.05, 3.63) is 22.6 Å². The minimum absolute atomic E-state index is 0. The van der Waals surface area contributed by atoms with Crippen LogP contribution in [0.4, 0.5) is 5.82 Å². The Labute approximate surface area is 82.4 Å². The first-order chi connectivity index (χ1) is 5.80. The van der Waals surface area contributed by atoms with Gasteiger partial charge in [0.15, 0.2) is 5.82 Å². The molecule has 7 heteroatoms. The highest BCUT2D eigenvalue weighted by molar-refractivity contribution is 5.09. The van der Waals surface area contributed by atoms with E-state index in [9.17, 15) is 10.1 Å². The molecule has 14 heavy (non-hydrogen) atoms. The van der Waals surface area contributed by atoms with E-state index in [2.05, 4.69) is 38.2 Å². The zero-order valence-corrected chi connectivity index (χ0v) is 8.76. The molecule has 0 aliphatic rings. The van der Waals surface area contributed by atoms with Gasteiger partial charge < -0.3 is 30.0 Å². The fraction of sp³-hybridized carbons (Fsp3) is 0.571. The molecule has 7 nitrogen and oxygen atoms in total. The molecule has 0 amide bonds. The van der Waals surface area contributed by atoms with E-state index >= 15 is 0 Å². The molecule has 0 aromatic carbocycles. The molecular formula is C7H16N4O3. The van der Waals surface area contributed by atoms with Gasteiger partial charge in [0.1, 0.15) is 0 Å². The molecule has 0 aliphatic carbocycles. The van der Waals surface area contributed by atoms with Crippen molar-refractivity contribution in [2.24, 2.45) is 0 Å². The molecule has 1 aromatic rings. The summed E-state index contributed by atoms with van der Waals surface area (Å²) >= 11 is 0. The first kappa shape index (κ1) is 15.0.